The lowest BCUT2D eigenvalue weighted by Gasteiger charge is -2.40. The molecule has 1 amide bonds. The lowest BCUT2D eigenvalue weighted by molar-refractivity contribution is -0.386. The van der Waals surface area contributed by atoms with Gasteiger partial charge in [-0.05, 0) is 18.1 Å². The molecule has 0 bridgehead atoms. The maximum atomic E-state index is 13.1. The number of carbonyl (C=O) groups is 2. The van der Waals surface area contributed by atoms with E-state index in [1.807, 2.05) is 6.92 Å². The molecule has 1 N–H and O–H groups in total. The van der Waals surface area contributed by atoms with Gasteiger partial charge in [0.05, 0.1) is 16.5 Å². The van der Waals surface area contributed by atoms with Crippen molar-refractivity contribution < 1.29 is 19.6 Å². The van der Waals surface area contributed by atoms with E-state index in [0.29, 0.717) is 24.1 Å². The molecule has 2 aromatic rings. The number of nitrogens with zero attached hydrogens (tertiary/aromatic N) is 2. The Morgan fingerprint density at radius 3 is 2.41 bits per heavy atom. The number of fused-ring (bicyclic) bond motifs is 1. The first-order valence-corrected chi connectivity index (χ1v) is 8.83. The first-order chi connectivity index (χ1) is 13.0. The van der Waals surface area contributed by atoms with E-state index in [0.717, 1.165) is 6.42 Å². The molecule has 3 rings (SSSR count). The number of hydrogen-bond donors (Lipinski definition) is 1. The summed E-state index contributed by atoms with van der Waals surface area (Å²) in [6.45, 7) is 2.31. The monoisotopic (exact) mass is 368 g/mol. The molecule has 27 heavy (non-hydrogen) atoms. The largest absolute Gasteiger partial charge is 0.481 e. The Morgan fingerprint density at radius 2 is 1.78 bits per heavy atom. The van der Waals surface area contributed by atoms with Gasteiger partial charge in [-0.25, -0.2) is 0 Å². The second kappa shape index (κ2) is 7.57. The topological polar surface area (TPSA) is 101 Å². The lowest BCUT2D eigenvalue weighted by atomic mass is 9.79. The second-order valence-electron chi connectivity index (χ2n) is 6.52. The molecule has 7 heteroatoms. The number of benzene rings is 2. The molecule has 0 fully saturated rings. The molecule has 2 aromatic carbocycles. The van der Waals surface area contributed by atoms with Crippen LogP contribution in [0.15, 0.2) is 48.5 Å². The van der Waals surface area contributed by atoms with E-state index < -0.39 is 22.9 Å². The number of carboxylic acid groups (broad SMARTS) is 1. The number of nitro benzene ring substituents is 1. The van der Waals surface area contributed by atoms with Gasteiger partial charge in [0.15, 0.2) is 0 Å². The highest BCUT2D eigenvalue weighted by Gasteiger charge is 2.46. The Morgan fingerprint density at radius 1 is 1.15 bits per heavy atom. The zero-order valence-corrected chi connectivity index (χ0v) is 14.9. The first kappa shape index (κ1) is 18.6. The third-order valence-corrected chi connectivity index (χ3v) is 4.91. The molecule has 140 valence electrons. The average molecular weight is 368 g/mol. The van der Waals surface area contributed by atoms with Crippen LogP contribution in [-0.2, 0) is 4.79 Å². The number of unbranched alkanes of at least 4 members (excludes halogenated alkanes) is 1. The summed E-state index contributed by atoms with van der Waals surface area (Å²) >= 11 is 0. The highest BCUT2D eigenvalue weighted by Crippen LogP contribution is 2.45. The van der Waals surface area contributed by atoms with Gasteiger partial charge in [-0.2, -0.15) is 0 Å². The zero-order chi connectivity index (χ0) is 19.6. The number of hydrogen-bond acceptors (Lipinski definition) is 4. The maximum absolute atomic E-state index is 13.1. The van der Waals surface area contributed by atoms with Gasteiger partial charge < -0.3 is 10.0 Å². The van der Waals surface area contributed by atoms with E-state index in [4.69, 9.17) is 0 Å². The van der Waals surface area contributed by atoms with Crippen molar-refractivity contribution in [1.29, 1.82) is 0 Å². The van der Waals surface area contributed by atoms with Crippen LogP contribution in [0.5, 0.6) is 0 Å². The van der Waals surface area contributed by atoms with Crippen LogP contribution in [0.4, 0.5) is 5.69 Å². The molecule has 0 spiro atoms. The highest BCUT2D eigenvalue weighted by molar-refractivity contribution is 6.00. The molecule has 0 saturated carbocycles. The molecule has 0 unspecified atom stereocenters. The average Bonchev–Trinajstić information content (AvgIpc) is 2.66. The SMILES string of the molecule is CCCCN1C(=O)c2ccccc2[C@@H](C(=O)O)[C@@H]1c1ccccc1[N+](=O)[O-]. The second-order valence-corrected chi connectivity index (χ2v) is 6.52. The quantitative estimate of drug-likeness (QED) is 0.618. The molecule has 1 heterocycles. The summed E-state index contributed by atoms with van der Waals surface area (Å²) in [4.78, 5) is 37.8. The van der Waals surface area contributed by atoms with Gasteiger partial charge in [0.1, 0.15) is 5.92 Å². The number of rotatable bonds is 6. The van der Waals surface area contributed by atoms with Gasteiger partial charge in [0, 0.05) is 18.2 Å². The van der Waals surface area contributed by atoms with Crippen LogP contribution < -0.4 is 0 Å². The summed E-state index contributed by atoms with van der Waals surface area (Å²) in [5.74, 6) is -2.48. The van der Waals surface area contributed by atoms with Crippen molar-refractivity contribution in [3.63, 3.8) is 0 Å². The highest BCUT2D eigenvalue weighted by atomic mass is 16.6. The van der Waals surface area contributed by atoms with E-state index in [1.165, 1.54) is 17.0 Å². The third-order valence-electron chi connectivity index (χ3n) is 4.91. The van der Waals surface area contributed by atoms with Crippen LogP contribution in [0.1, 0.15) is 53.2 Å². The van der Waals surface area contributed by atoms with Crippen molar-refractivity contribution in [2.75, 3.05) is 6.54 Å². The molecule has 0 aliphatic carbocycles. The fourth-order valence-corrected chi connectivity index (χ4v) is 3.68. The molecule has 0 aromatic heterocycles. The van der Waals surface area contributed by atoms with E-state index >= 15 is 0 Å². The fourth-order valence-electron chi connectivity index (χ4n) is 3.68. The summed E-state index contributed by atoms with van der Waals surface area (Å²) in [5, 5.41) is 21.5. The summed E-state index contributed by atoms with van der Waals surface area (Å²) in [5.41, 5.74) is 0.804. The first-order valence-electron chi connectivity index (χ1n) is 8.83. The van der Waals surface area contributed by atoms with Gasteiger partial charge in [0.25, 0.3) is 11.6 Å². The Kier molecular flexibility index (Phi) is 5.21. The predicted octanol–water partition coefficient (Wildman–Crippen LogP) is 3.76. The van der Waals surface area contributed by atoms with E-state index in [2.05, 4.69) is 0 Å². The van der Waals surface area contributed by atoms with Crippen LogP contribution in [0.25, 0.3) is 0 Å². The predicted molar refractivity (Wildman–Crippen MR) is 98.6 cm³/mol. The summed E-state index contributed by atoms with van der Waals surface area (Å²) in [6, 6.07) is 11.7. The molecule has 0 saturated heterocycles. The molecule has 1 aliphatic heterocycles. The summed E-state index contributed by atoms with van der Waals surface area (Å²) in [7, 11) is 0. The van der Waals surface area contributed by atoms with Crippen LogP contribution in [-0.4, -0.2) is 33.4 Å². The standard InChI is InChI=1S/C20H20N2O5/c1-2-3-12-21-18(15-10-6-7-11-16(15)22(26)27)17(20(24)25)13-8-4-5-9-14(13)19(21)23/h4-11,17-18H,2-3,12H2,1H3,(H,24,25)/t17-,18+/m1/s1. The van der Waals surface area contributed by atoms with Crippen LogP contribution in [0.2, 0.25) is 0 Å². The minimum atomic E-state index is -1.11. The summed E-state index contributed by atoms with van der Waals surface area (Å²) in [6.07, 6.45) is 1.49. The van der Waals surface area contributed by atoms with Crippen molar-refractivity contribution in [2.45, 2.75) is 31.7 Å². The Hall–Kier alpha value is -3.22. The van der Waals surface area contributed by atoms with Crippen LogP contribution in [0.3, 0.4) is 0 Å². The Labute approximate surface area is 156 Å². The molecular formula is C20H20N2O5. The Bertz CT molecular complexity index is 895. The maximum Gasteiger partial charge on any atom is 0.313 e. The van der Waals surface area contributed by atoms with E-state index in [9.17, 15) is 24.8 Å². The molecule has 1 aliphatic rings. The van der Waals surface area contributed by atoms with Crippen molar-refractivity contribution >= 4 is 17.6 Å². The van der Waals surface area contributed by atoms with Crippen LogP contribution in [0, 0.1) is 10.1 Å². The van der Waals surface area contributed by atoms with Gasteiger partial charge in [0.2, 0.25) is 0 Å². The smallest absolute Gasteiger partial charge is 0.313 e. The van der Waals surface area contributed by atoms with Crippen molar-refractivity contribution in [3.05, 3.63) is 75.3 Å². The molecular weight excluding hydrogens is 348 g/mol. The molecule has 0 radical (unpaired) electrons. The number of para-hydroxylation sites is 1. The Balaban J connectivity index is 2.25. The number of carbonyl (C=O) groups excluding carboxylic acids is 1. The van der Waals surface area contributed by atoms with Gasteiger partial charge in [-0.3, -0.25) is 19.7 Å². The lowest BCUT2D eigenvalue weighted by Crippen LogP contribution is -2.45. The number of carboxylic acids is 1. The third kappa shape index (κ3) is 3.28. The minimum absolute atomic E-state index is 0.178. The fraction of sp³-hybridized carbons (Fsp3) is 0.300. The normalized spacial score (nSPS) is 18.9. The van der Waals surface area contributed by atoms with Crippen molar-refractivity contribution in [1.82, 2.24) is 4.90 Å². The van der Waals surface area contributed by atoms with Gasteiger partial charge >= 0.3 is 5.97 Å². The molecule has 2 atom stereocenters. The van der Waals surface area contributed by atoms with Gasteiger partial charge in [-0.15, -0.1) is 0 Å². The van der Waals surface area contributed by atoms with Crippen LogP contribution >= 0.6 is 0 Å². The number of nitro groups is 1. The van der Waals surface area contributed by atoms with Gasteiger partial charge in [-0.1, -0.05) is 49.7 Å². The zero-order valence-electron chi connectivity index (χ0n) is 14.9. The van der Waals surface area contributed by atoms with E-state index in [1.54, 1.807) is 36.4 Å². The summed E-state index contributed by atoms with van der Waals surface area (Å²) < 4.78 is 0. The molecule has 7 nitrogen and oxygen atoms in total. The number of aliphatic carboxylic acids is 1. The van der Waals surface area contributed by atoms with Crippen molar-refractivity contribution in [2.24, 2.45) is 0 Å². The minimum Gasteiger partial charge on any atom is -0.481 e. The van der Waals surface area contributed by atoms with E-state index in [-0.39, 0.29) is 17.2 Å². The number of amides is 1. The van der Waals surface area contributed by atoms with Crippen molar-refractivity contribution in [3.8, 4) is 0 Å².